The first-order chi connectivity index (χ1) is 17.9. The Labute approximate surface area is 224 Å². The first-order valence-electron chi connectivity index (χ1n) is 11.6. The molecule has 37 heavy (non-hydrogen) atoms. The summed E-state index contributed by atoms with van der Waals surface area (Å²) in [5.41, 5.74) is 3.51. The summed E-state index contributed by atoms with van der Waals surface area (Å²) >= 11 is 7.00. The van der Waals surface area contributed by atoms with Gasteiger partial charge in [0, 0.05) is 17.8 Å². The molecule has 2 amide bonds. The van der Waals surface area contributed by atoms with Crippen molar-refractivity contribution in [3.8, 4) is 11.5 Å². The number of thioether (sulfide) groups is 1. The molecule has 1 aliphatic heterocycles. The van der Waals surface area contributed by atoms with Crippen LogP contribution in [0.4, 0.5) is 10.5 Å². The summed E-state index contributed by atoms with van der Waals surface area (Å²) in [5.74, 6) is 0.869. The van der Waals surface area contributed by atoms with Crippen molar-refractivity contribution < 1.29 is 19.1 Å². The Morgan fingerprint density at radius 1 is 1.05 bits per heavy atom. The van der Waals surface area contributed by atoms with Gasteiger partial charge < -0.3 is 14.8 Å². The van der Waals surface area contributed by atoms with Crippen LogP contribution in [0.3, 0.4) is 0 Å². The van der Waals surface area contributed by atoms with Gasteiger partial charge in [0.15, 0.2) is 22.3 Å². The second kappa shape index (κ2) is 12.1. The molecule has 1 aliphatic rings. The second-order valence-corrected chi connectivity index (χ2v) is 9.64. The van der Waals surface area contributed by atoms with Crippen LogP contribution < -0.4 is 14.8 Å². The fraction of sp³-hybridized carbons (Fsp3) is 0.269. The van der Waals surface area contributed by atoms with Gasteiger partial charge in [-0.25, -0.2) is 5.01 Å². The van der Waals surface area contributed by atoms with Crippen LogP contribution in [-0.4, -0.2) is 58.1 Å². The number of anilines is 1. The van der Waals surface area contributed by atoms with E-state index in [4.69, 9.17) is 26.2 Å². The lowest BCUT2D eigenvalue weighted by Gasteiger charge is -2.28. The van der Waals surface area contributed by atoms with E-state index in [-0.39, 0.29) is 27.2 Å². The van der Waals surface area contributed by atoms with Gasteiger partial charge in [0.25, 0.3) is 5.91 Å². The van der Waals surface area contributed by atoms with E-state index in [1.807, 2.05) is 37.3 Å². The van der Waals surface area contributed by atoms with E-state index in [1.54, 1.807) is 26.4 Å². The fourth-order valence-electron chi connectivity index (χ4n) is 3.75. The standard InChI is InChI=1S/C26H26ClN5O4S/c1-4-22-24(17-7-11-20(35-2)21(15-17)36-3)31-32(26(34)37-22)14-13-16-5-8-18(9-6-16)28-25(33)19-10-12-23(27)30-29-19/h5-12,15,22H,4,13-14H2,1-3H3,(H,28,33). The molecule has 0 bridgehead atoms. The van der Waals surface area contributed by atoms with Crippen LogP contribution in [0.25, 0.3) is 0 Å². The van der Waals surface area contributed by atoms with E-state index in [2.05, 4.69) is 15.5 Å². The van der Waals surface area contributed by atoms with Crippen LogP contribution in [0.1, 0.15) is 35.0 Å². The number of ether oxygens (including phenoxy) is 2. The van der Waals surface area contributed by atoms with E-state index in [0.29, 0.717) is 30.2 Å². The predicted molar refractivity (Wildman–Crippen MR) is 145 cm³/mol. The Kier molecular flexibility index (Phi) is 8.62. The number of amides is 2. The number of methoxy groups -OCH3 is 2. The number of nitrogens with zero attached hydrogens (tertiary/aromatic N) is 4. The van der Waals surface area contributed by atoms with Crippen LogP contribution in [0.5, 0.6) is 11.5 Å². The average Bonchev–Trinajstić information content (AvgIpc) is 2.92. The topological polar surface area (TPSA) is 106 Å². The van der Waals surface area contributed by atoms with E-state index in [1.165, 1.54) is 28.9 Å². The monoisotopic (exact) mass is 539 g/mol. The molecule has 1 unspecified atom stereocenters. The van der Waals surface area contributed by atoms with Crippen molar-refractivity contribution in [2.75, 3.05) is 26.1 Å². The highest BCUT2D eigenvalue weighted by Crippen LogP contribution is 2.33. The van der Waals surface area contributed by atoms with Gasteiger partial charge in [0.05, 0.1) is 25.2 Å². The Morgan fingerprint density at radius 3 is 2.46 bits per heavy atom. The molecule has 2 heterocycles. The summed E-state index contributed by atoms with van der Waals surface area (Å²) in [6.07, 6.45) is 1.37. The lowest BCUT2D eigenvalue weighted by molar-refractivity contribution is 0.102. The first kappa shape index (κ1) is 26.4. The first-order valence-corrected chi connectivity index (χ1v) is 12.9. The van der Waals surface area contributed by atoms with Crippen molar-refractivity contribution in [3.63, 3.8) is 0 Å². The summed E-state index contributed by atoms with van der Waals surface area (Å²) in [6.45, 7) is 2.46. The van der Waals surface area contributed by atoms with E-state index >= 15 is 0 Å². The predicted octanol–water partition coefficient (Wildman–Crippen LogP) is 5.29. The molecule has 9 nitrogen and oxygen atoms in total. The molecular weight excluding hydrogens is 514 g/mol. The smallest absolute Gasteiger partial charge is 0.302 e. The molecule has 0 radical (unpaired) electrons. The molecule has 0 spiro atoms. The number of hydrogen-bond donors (Lipinski definition) is 1. The van der Waals surface area contributed by atoms with Crippen LogP contribution in [-0.2, 0) is 6.42 Å². The summed E-state index contributed by atoms with van der Waals surface area (Å²) in [4.78, 5) is 25.1. The number of rotatable bonds is 9. The summed E-state index contributed by atoms with van der Waals surface area (Å²) < 4.78 is 10.8. The van der Waals surface area contributed by atoms with Crippen molar-refractivity contribution in [2.24, 2.45) is 5.10 Å². The van der Waals surface area contributed by atoms with Gasteiger partial charge in [-0.15, -0.1) is 10.2 Å². The Morgan fingerprint density at radius 2 is 1.81 bits per heavy atom. The Bertz CT molecular complexity index is 1300. The zero-order valence-electron chi connectivity index (χ0n) is 20.6. The molecule has 2 aromatic carbocycles. The molecule has 0 fully saturated rings. The van der Waals surface area contributed by atoms with Crippen molar-refractivity contribution in [3.05, 3.63) is 76.6 Å². The second-order valence-electron chi connectivity index (χ2n) is 8.10. The van der Waals surface area contributed by atoms with E-state index < -0.39 is 0 Å². The number of halogens is 1. The molecule has 192 valence electrons. The summed E-state index contributed by atoms with van der Waals surface area (Å²) in [6, 6.07) is 16.1. The van der Waals surface area contributed by atoms with Crippen LogP contribution >= 0.6 is 23.4 Å². The van der Waals surface area contributed by atoms with Gasteiger partial charge in [-0.3, -0.25) is 9.59 Å². The van der Waals surface area contributed by atoms with Gasteiger partial charge in [-0.1, -0.05) is 42.4 Å². The maximum absolute atomic E-state index is 12.8. The zero-order valence-corrected chi connectivity index (χ0v) is 22.2. The lowest BCUT2D eigenvalue weighted by atomic mass is 10.0. The number of hydrazone groups is 1. The number of benzene rings is 2. The highest BCUT2D eigenvalue weighted by atomic mass is 35.5. The third-order valence-corrected chi connectivity index (χ3v) is 7.18. The quantitative estimate of drug-likeness (QED) is 0.393. The molecule has 3 aromatic rings. The zero-order chi connectivity index (χ0) is 26.4. The molecule has 0 aliphatic carbocycles. The van der Waals surface area contributed by atoms with Crippen LogP contribution in [0.2, 0.25) is 5.15 Å². The summed E-state index contributed by atoms with van der Waals surface area (Å²) in [7, 11) is 3.18. The van der Waals surface area contributed by atoms with Gasteiger partial charge in [0.1, 0.15) is 0 Å². The molecule has 11 heteroatoms. The highest BCUT2D eigenvalue weighted by Gasteiger charge is 2.30. The number of aromatic nitrogens is 2. The minimum atomic E-state index is -0.379. The van der Waals surface area contributed by atoms with Crippen molar-refractivity contribution in [2.45, 2.75) is 25.0 Å². The molecule has 1 atom stereocenters. The van der Waals surface area contributed by atoms with E-state index in [0.717, 1.165) is 23.3 Å². The third kappa shape index (κ3) is 6.39. The average molecular weight is 540 g/mol. The maximum atomic E-state index is 12.8. The third-order valence-electron chi connectivity index (χ3n) is 5.73. The van der Waals surface area contributed by atoms with Gasteiger partial charge in [-0.05, 0) is 60.9 Å². The SMILES string of the molecule is CCC1SC(=O)N(CCc2ccc(NC(=O)c3ccc(Cl)nn3)cc2)N=C1c1ccc(OC)c(OC)c1. The maximum Gasteiger partial charge on any atom is 0.302 e. The van der Waals surface area contributed by atoms with Gasteiger partial charge in [0.2, 0.25) is 0 Å². The number of hydrogen-bond acceptors (Lipinski definition) is 8. The molecule has 4 rings (SSSR count). The number of nitrogens with one attached hydrogen (secondary N) is 1. The molecule has 0 saturated carbocycles. The van der Waals surface area contributed by atoms with Crippen LogP contribution in [0, 0.1) is 0 Å². The number of carbonyl (C=O) groups is 2. The van der Waals surface area contributed by atoms with Gasteiger partial charge in [-0.2, -0.15) is 5.10 Å². The Balaban J connectivity index is 1.44. The lowest BCUT2D eigenvalue weighted by Crippen LogP contribution is -2.36. The minimum absolute atomic E-state index is 0.0462. The molecule has 0 saturated heterocycles. The minimum Gasteiger partial charge on any atom is -0.493 e. The van der Waals surface area contributed by atoms with E-state index in [9.17, 15) is 9.59 Å². The fourth-order valence-corrected chi connectivity index (χ4v) is 4.81. The number of carbonyl (C=O) groups excluding carboxylic acids is 2. The highest BCUT2D eigenvalue weighted by molar-refractivity contribution is 8.14. The van der Waals surface area contributed by atoms with Crippen molar-refractivity contribution in [1.29, 1.82) is 0 Å². The largest absolute Gasteiger partial charge is 0.493 e. The summed E-state index contributed by atoms with van der Waals surface area (Å²) in [5, 5.41) is 16.6. The van der Waals surface area contributed by atoms with Gasteiger partial charge >= 0.3 is 5.24 Å². The molecule has 1 N–H and O–H groups in total. The van der Waals surface area contributed by atoms with Crippen LogP contribution in [0.15, 0.2) is 59.7 Å². The molecule has 1 aromatic heterocycles. The van der Waals surface area contributed by atoms with Crippen molar-refractivity contribution >= 4 is 45.9 Å². The molecular formula is C26H26ClN5O4S. The van der Waals surface area contributed by atoms with Crippen molar-refractivity contribution in [1.82, 2.24) is 15.2 Å². The Hall–Kier alpha value is -3.63. The normalized spacial score (nSPS) is 15.2.